The molecule has 1 amide bonds. The standard InChI is InChI=1S/C25H21F4N3O3S/c1-16(18-9-12-22(20(26)14-18)32-36(2,34)35)24(33)30-15-19-10-13-23(25(27,28)29)31-21(19)11-8-17-6-4-3-5-7-17/h3-7,9-10,12-14,16,32H,15H2,1-2H3,(H,30,33). The normalized spacial score (nSPS) is 12.3. The summed E-state index contributed by atoms with van der Waals surface area (Å²) in [5, 5.41) is 2.60. The minimum absolute atomic E-state index is 0.135. The van der Waals surface area contributed by atoms with Crippen LogP contribution in [0.1, 0.15) is 40.9 Å². The van der Waals surface area contributed by atoms with E-state index in [2.05, 4.69) is 22.1 Å². The van der Waals surface area contributed by atoms with Gasteiger partial charge in [0.25, 0.3) is 0 Å². The van der Waals surface area contributed by atoms with E-state index in [1.807, 2.05) is 4.72 Å². The predicted octanol–water partition coefficient (Wildman–Crippen LogP) is 4.43. The van der Waals surface area contributed by atoms with E-state index < -0.39 is 39.5 Å². The lowest BCUT2D eigenvalue weighted by molar-refractivity contribution is -0.141. The maximum absolute atomic E-state index is 14.3. The van der Waals surface area contributed by atoms with Crippen LogP contribution in [0, 0.1) is 17.7 Å². The number of aromatic nitrogens is 1. The minimum atomic E-state index is -4.67. The highest BCUT2D eigenvalue weighted by Gasteiger charge is 2.33. The number of alkyl halides is 3. The van der Waals surface area contributed by atoms with Crippen molar-refractivity contribution < 1.29 is 30.8 Å². The number of nitrogens with one attached hydrogen (secondary N) is 2. The molecule has 0 aliphatic rings. The van der Waals surface area contributed by atoms with Crippen molar-refractivity contribution >= 4 is 21.6 Å². The molecule has 3 rings (SSSR count). The number of carbonyl (C=O) groups excluding carboxylic acids is 1. The molecule has 3 aromatic rings. The molecule has 0 fully saturated rings. The van der Waals surface area contributed by atoms with Gasteiger partial charge in [0.2, 0.25) is 15.9 Å². The summed E-state index contributed by atoms with van der Waals surface area (Å²) >= 11 is 0. The highest BCUT2D eigenvalue weighted by atomic mass is 32.2. The van der Waals surface area contributed by atoms with Gasteiger partial charge in [-0.25, -0.2) is 17.8 Å². The van der Waals surface area contributed by atoms with E-state index in [0.717, 1.165) is 18.4 Å². The average Bonchev–Trinajstić information content (AvgIpc) is 2.81. The predicted molar refractivity (Wildman–Crippen MR) is 127 cm³/mol. The van der Waals surface area contributed by atoms with Crippen molar-refractivity contribution in [1.29, 1.82) is 0 Å². The molecule has 0 aliphatic heterocycles. The number of amides is 1. The Bertz CT molecular complexity index is 1430. The van der Waals surface area contributed by atoms with Crippen LogP contribution in [0.4, 0.5) is 23.2 Å². The molecule has 188 valence electrons. The van der Waals surface area contributed by atoms with E-state index in [4.69, 9.17) is 0 Å². The molecule has 1 heterocycles. The molecule has 6 nitrogen and oxygen atoms in total. The van der Waals surface area contributed by atoms with Crippen LogP contribution >= 0.6 is 0 Å². The van der Waals surface area contributed by atoms with Crippen molar-refractivity contribution in [1.82, 2.24) is 10.3 Å². The summed E-state index contributed by atoms with van der Waals surface area (Å²) in [6.45, 7) is 1.35. The summed E-state index contributed by atoms with van der Waals surface area (Å²) < 4.78 is 78.5. The number of pyridine rings is 1. The molecule has 0 spiro atoms. The molecule has 2 aromatic carbocycles. The van der Waals surface area contributed by atoms with Crippen LogP contribution in [-0.2, 0) is 27.5 Å². The van der Waals surface area contributed by atoms with Crippen LogP contribution in [-0.4, -0.2) is 25.6 Å². The van der Waals surface area contributed by atoms with Gasteiger partial charge < -0.3 is 5.32 Å². The van der Waals surface area contributed by atoms with E-state index in [9.17, 15) is 30.8 Å². The van der Waals surface area contributed by atoms with E-state index in [-0.39, 0.29) is 29.1 Å². The molecule has 0 aliphatic carbocycles. The van der Waals surface area contributed by atoms with Gasteiger partial charge >= 0.3 is 6.18 Å². The number of hydrogen-bond acceptors (Lipinski definition) is 4. The number of halogens is 4. The van der Waals surface area contributed by atoms with Crippen LogP contribution < -0.4 is 10.0 Å². The van der Waals surface area contributed by atoms with Gasteiger partial charge in [0.05, 0.1) is 17.9 Å². The summed E-state index contributed by atoms with van der Waals surface area (Å²) in [5.74, 6) is 3.18. The Morgan fingerprint density at radius 3 is 2.36 bits per heavy atom. The Labute approximate surface area is 205 Å². The van der Waals surface area contributed by atoms with E-state index >= 15 is 0 Å². The zero-order valence-electron chi connectivity index (χ0n) is 19.2. The minimum Gasteiger partial charge on any atom is -0.351 e. The molecule has 0 saturated heterocycles. The van der Waals surface area contributed by atoms with Crippen molar-refractivity contribution in [3.05, 3.63) is 94.6 Å². The number of carbonyl (C=O) groups is 1. The summed E-state index contributed by atoms with van der Waals surface area (Å²) in [5.41, 5.74) is -0.377. The third-order valence-corrected chi connectivity index (χ3v) is 5.59. The number of benzene rings is 2. The van der Waals surface area contributed by atoms with E-state index in [1.165, 1.54) is 25.1 Å². The highest BCUT2D eigenvalue weighted by molar-refractivity contribution is 7.92. The fourth-order valence-corrected chi connectivity index (χ4v) is 3.68. The molecule has 1 unspecified atom stereocenters. The molecule has 2 N–H and O–H groups in total. The third-order valence-electron chi connectivity index (χ3n) is 5.00. The zero-order valence-corrected chi connectivity index (χ0v) is 20.0. The molecular weight excluding hydrogens is 498 g/mol. The summed E-state index contributed by atoms with van der Waals surface area (Å²) in [7, 11) is -3.68. The van der Waals surface area contributed by atoms with Crippen molar-refractivity contribution in [3.63, 3.8) is 0 Å². The van der Waals surface area contributed by atoms with Crippen LogP contribution in [0.5, 0.6) is 0 Å². The molecular formula is C25H21F4N3O3S. The second-order valence-electron chi connectivity index (χ2n) is 7.87. The number of sulfonamides is 1. The molecule has 1 aromatic heterocycles. The molecule has 0 bridgehead atoms. The second kappa shape index (κ2) is 10.8. The Kier molecular flexibility index (Phi) is 8.00. The lowest BCUT2D eigenvalue weighted by atomic mass is 9.99. The molecule has 36 heavy (non-hydrogen) atoms. The number of anilines is 1. The Hall–Kier alpha value is -3.91. The molecule has 0 radical (unpaired) electrons. The highest BCUT2D eigenvalue weighted by Crippen LogP contribution is 2.28. The van der Waals surface area contributed by atoms with Gasteiger partial charge in [0, 0.05) is 17.7 Å². The van der Waals surface area contributed by atoms with Gasteiger partial charge in [-0.2, -0.15) is 13.2 Å². The first kappa shape index (κ1) is 26.7. The van der Waals surface area contributed by atoms with Crippen molar-refractivity contribution in [2.24, 2.45) is 0 Å². The molecule has 1 atom stereocenters. The Morgan fingerprint density at radius 1 is 1.06 bits per heavy atom. The first-order valence-electron chi connectivity index (χ1n) is 10.5. The van der Waals surface area contributed by atoms with Crippen LogP contribution in [0.3, 0.4) is 0 Å². The topological polar surface area (TPSA) is 88.2 Å². The van der Waals surface area contributed by atoms with Gasteiger partial charge in [-0.05, 0) is 48.7 Å². The smallest absolute Gasteiger partial charge is 0.351 e. The van der Waals surface area contributed by atoms with Crippen molar-refractivity contribution in [3.8, 4) is 11.8 Å². The van der Waals surface area contributed by atoms with Crippen LogP contribution in [0.25, 0.3) is 0 Å². The lowest BCUT2D eigenvalue weighted by Gasteiger charge is -2.15. The number of rotatable bonds is 6. The fraction of sp³-hybridized carbons (Fsp3) is 0.200. The largest absolute Gasteiger partial charge is 0.433 e. The second-order valence-corrected chi connectivity index (χ2v) is 9.62. The van der Waals surface area contributed by atoms with E-state index in [0.29, 0.717) is 5.56 Å². The van der Waals surface area contributed by atoms with Gasteiger partial charge in [0.1, 0.15) is 17.2 Å². The quantitative estimate of drug-likeness (QED) is 0.373. The first-order valence-corrected chi connectivity index (χ1v) is 12.4. The SMILES string of the molecule is CC(C(=O)NCc1ccc(C(F)(F)F)nc1C#Cc1ccccc1)c1ccc(NS(C)(=O)=O)c(F)c1. The Balaban J connectivity index is 1.79. The maximum atomic E-state index is 14.3. The summed E-state index contributed by atoms with van der Waals surface area (Å²) in [4.78, 5) is 16.3. The lowest BCUT2D eigenvalue weighted by Crippen LogP contribution is -2.28. The van der Waals surface area contributed by atoms with E-state index in [1.54, 1.807) is 30.3 Å². The van der Waals surface area contributed by atoms with Crippen molar-refractivity contribution in [2.75, 3.05) is 11.0 Å². The molecule has 11 heteroatoms. The monoisotopic (exact) mass is 519 g/mol. The van der Waals surface area contributed by atoms with Gasteiger partial charge in [-0.3, -0.25) is 9.52 Å². The fourth-order valence-electron chi connectivity index (χ4n) is 3.12. The summed E-state index contributed by atoms with van der Waals surface area (Å²) in [6, 6.07) is 14.3. The maximum Gasteiger partial charge on any atom is 0.433 e. The Morgan fingerprint density at radius 2 is 1.75 bits per heavy atom. The molecule has 0 saturated carbocycles. The number of nitrogens with zero attached hydrogens (tertiary/aromatic N) is 1. The van der Waals surface area contributed by atoms with Gasteiger partial charge in [-0.15, -0.1) is 0 Å². The average molecular weight is 520 g/mol. The zero-order chi connectivity index (χ0) is 26.5. The van der Waals surface area contributed by atoms with Gasteiger partial charge in [0.15, 0.2) is 0 Å². The number of hydrogen-bond donors (Lipinski definition) is 2. The third kappa shape index (κ3) is 7.29. The van der Waals surface area contributed by atoms with Crippen LogP contribution in [0.15, 0.2) is 60.7 Å². The van der Waals surface area contributed by atoms with Crippen molar-refractivity contribution in [2.45, 2.75) is 25.6 Å². The van der Waals surface area contributed by atoms with Gasteiger partial charge in [-0.1, -0.05) is 36.3 Å². The first-order chi connectivity index (χ1) is 16.8. The summed E-state index contributed by atoms with van der Waals surface area (Å²) in [6.07, 6.45) is -3.79. The van der Waals surface area contributed by atoms with Crippen LogP contribution in [0.2, 0.25) is 0 Å².